The van der Waals surface area contributed by atoms with Crippen LogP contribution >= 0.6 is 11.8 Å². The first kappa shape index (κ1) is 8.64. The van der Waals surface area contributed by atoms with Gasteiger partial charge in [0.25, 0.3) is 0 Å². The smallest absolute Gasteiger partial charge is 0.0191 e. The predicted molar refractivity (Wildman–Crippen MR) is 59.8 cm³/mol. The van der Waals surface area contributed by atoms with Crippen molar-refractivity contribution in [3.05, 3.63) is 59.0 Å². The zero-order chi connectivity index (χ0) is 8.93. The van der Waals surface area contributed by atoms with Gasteiger partial charge >= 0.3 is 0 Å². The van der Waals surface area contributed by atoms with Crippen LogP contribution in [0.15, 0.2) is 53.5 Å². The lowest BCUT2D eigenvalue weighted by molar-refractivity contribution is 1.15. The van der Waals surface area contributed by atoms with E-state index in [-0.39, 0.29) is 0 Å². The van der Waals surface area contributed by atoms with Gasteiger partial charge in [-0.05, 0) is 17.4 Å². The van der Waals surface area contributed by atoms with Gasteiger partial charge in [-0.2, -0.15) is 0 Å². The maximum atomic E-state index is 2.23. The molecule has 0 saturated carbocycles. The Balaban J connectivity index is 2.06. The number of rotatable bonds is 2. The van der Waals surface area contributed by atoms with E-state index < -0.39 is 0 Å². The van der Waals surface area contributed by atoms with Crippen molar-refractivity contribution in [2.45, 2.75) is 6.42 Å². The van der Waals surface area contributed by atoms with E-state index in [1.54, 1.807) is 0 Å². The van der Waals surface area contributed by atoms with Crippen molar-refractivity contribution in [3.63, 3.8) is 0 Å². The maximum Gasteiger partial charge on any atom is 0.0191 e. The van der Waals surface area contributed by atoms with Crippen LogP contribution in [-0.4, -0.2) is 5.75 Å². The first-order chi connectivity index (χ1) is 6.45. The highest BCUT2D eigenvalue weighted by atomic mass is 32.2. The van der Waals surface area contributed by atoms with Gasteiger partial charge in [0.1, 0.15) is 0 Å². The number of thioether (sulfide) groups is 1. The van der Waals surface area contributed by atoms with Gasteiger partial charge in [-0.25, -0.2) is 0 Å². The van der Waals surface area contributed by atoms with E-state index in [0.717, 1.165) is 12.2 Å². The summed E-state index contributed by atoms with van der Waals surface area (Å²) in [5.74, 6) is 1.14. The molecule has 0 atom stereocenters. The average Bonchev–Trinajstić information content (AvgIpc) is 2.21. The predicted octanol–water partition coefficient (Wildman–Crippen LogP) is 3.42. The molecular weight excluding hydrogens is 176 g/mol. The van der Waals surface area contributed by atoms with Crippen molar-refractivity contribution in [1.82, 2.24) is 0 Å². The molecule has 0 fully saturated rings. The largest absolute Gasteiger partial charge is 0.130 e. The molecule has 0 aromatic heterocycles. The zero-order valence-electron chi connectivity index (χ0n) is 7.44. The molecule has 0 unspecified atom stereocenters. The lowest BCUT2D eigenvalue weighted by Crippen LogP contribution is -1.94. The molecule has 1 aromatic rings. The summed E-state index contributed by atoms with van der Waals surface area (Å²) in [6, 6.07) is 10.6. The van der Waals surface area contributed by atoms with Crippen LogP contribution in [0.1, 0.15) is 5.56 Å². The molecule has 13 heavy (non-hydrogen) atoms. The maximum absolute atomic E-state index is 2.23. The summed E-state index contributed by atoms with van der Waals surface area (Å²) in [7, 11) is 0. The van der Waals surface area contributed by atoms with Crippen molar-refractivity contribution in [1.29, 1.82) is 0 Å². The van der Waals surface area contributed by atoms with E-state index in [4.69, 9.17) is 0 Å². The summed E-state index contributed by atoms with van der Waals surface area (Å²) in [6.45, 7) is 0. The standard InChI is InChI=1S/C12H12S/c1-2-5-11(6-3-1)9-12-7-4-8-13-10-12/h1-8H,9-10H2. The quantitative estimate of drug-likeness (QED) is 0.685. The van der Waals surface area contributed by atoms with Gasteiger partial charge in [0.15, 0.2) is 0 Å². The fourth-order valence-corrected chi connectivity index (χ4v) is 2.10. The van der Waals surface area contributed by atoms with Gasteiger partial charge in [-0.15, -0.1) is 11.8 Å². The Bertz CT molecular complexity index is 322. The summed E-state index contributed by atoms with van der Waals surface area (Å²) >= 11 is 1.87. The third-order valence-corrected chi connectivity index (χ3v) is 2.94. The van der Waals surface area contributed by atoms with Gasteiger partial charge in [-0.3, -0.25) is 0 Å². The molecule has 1 aliphatic heterocycles. The summed E-state index contributed by atoms with van der Waals surface area (Å²) in [4.78, 5) is 0. The zero-order valence-corrected chi connectivity index (χ0v) is 8.26. The van der Waals surface area contributed by atoms with Crippen LogP contribution in [0, 0.1) is 0 Å². The molecule has 0 amide bonds. The molecular formula is C12H12S. The molecule has 2 rings (SSSR count). The van der Waals surface area contributed by atoms with E-state index >= 15 is 0 Å². The number of benzene rings is 1. The number of allylic oxidation sites excluding steroid dienone is 2. The van der Waals surface area contributed by atoms with Crippen LogP contribution in [0.5, 0.6) is 0 Å². The molecule has 1 heteroatoms. The topological polar surface area (TPSA) is 0 Å². The SMILES string of the molecule is C1=CSCC(Cc2ccccc2)=C1. The van der Waals surface area contributed by atoms with E-state index in [9.17, 15) is 0 Å². The molecule has 1 heterocycles. The van der Waals surface area contributed by atoms with Crippen LogP contribution in [-0.2, 0) is 6.42 Å². The minimum absolute atomic E-state index is 1.10. The van der Waals surface area contributed by atoms with Crippen molar-refractivity contribution in [3.8, 4) is 0 Å². The first-order valence-electron chi connectivity index (χ1n) is 4.45. The van der Waals surface area contributed by atoms with Crippen LogP contribution in [0.3, 0.4) is 0 Å². The Hall–Kier alpha value is -0.950. The Kier molecular flexibility index (Phi) is 2.88. The molecule has 0 saturated heterocycles. The normalized spacial score (nSPS) is 15.5. The summed E-state index contributed by atoms with van der Waals surface area (Å²) in [5.41, 5.74) is 2.92. The highest BCUT2D eigenvalue weighted by molar-refractivity contribution is 8.02. The summed E-state index contributed by atoms with van der Waals surface area (Å²) in [6.07, 6.45) is 5.45. The second kappa shape index (κ2) is 4.33. The molecule has 0 bridgehead atoms. The van der Waals surface area contributed by atoms with Gasteiger partial charge in [0.2, 0.25) is 0 Å². The highest BCUT2D eigenvalue weighted by Gasteiger charge is 2.00. The summed E-state index contributed by atoms with van der Waals surface area (Å²) < 4.78 is 0. The third kappa shape index (κ3) is 2.49. The van der Waals surface area contributed by atoms with Crippen LogP contribution < -0.4 is 0 Å². The molecule has 0 aliphatic carbocycles. The Morgan fingerprint density at radius 2 is 2.00 bits per heavy atom. The average molecular weight is 188 g/mol. The number of hydrogen-bond donors (Lipinski definition) is 0. The molecule has 0 N–H and O–H groups in total. The molecule has 1 aliphatic rings. The Labute approximate surface area is 83.4 Å². The second-order valence-corrected chi connectivity index (χ2v) is 4.02. The van der Waals surface area contributed by atoms with Crippen LogP contribution in [0.2, 0.25) is 0 Å². The van der Waals surface area contributed by atoms with Crippen molar-refractivity contribution >= 4 is 11.8 Å². The van der Waals surface area contributed by atoms with E-state index in [1.165, 1.54) is 11.1 Å². The molecule has 0 nitrogen and oxygen atoms in total. The minimum Gasteiger partial charge on any atom is -0.130 e. The highest BCUT2D eigenvalue weighted by Crippen LogP contribution is 2.18. The fourth-order valence-electron chi connectivity index (χ4n) is 1.40. The molecule has 0 radical (unpaired) electrons. The van der Waals surface area contributed by atoms with E-state index in [1.807, 2.05) is 11.8 Å². The molecule has 0 spiro atoms. The molecule has 66 valence electrons. The van der Waals surface area contributed by atoms with Gasteiger partial charge < -0.3 is 0 Å². The van der Waals surface area contributed by atoms with Crippen molar-refractivity contribution < 1.29 is 0 Å². The molecule has 1 aromatic carbocycles. The van der Waals surface area contributed by atoms with Crippen LogP contribution in [0.25, 0.3) is 0 Å². The fraction of sp³-hybridized carbons (Fsp3) is 0.167. The van der Waals surface area contributed by atoms with Crippen molar-refractivity contribution in [2.75, 3.05) is 5.75 Å². The number of hydrogen-bond acceptors (Lipinski definition) is 1. The lowest BCUT2D eigenvalue weighted by Gasteiger charge is -2.07. The first-order valence-corrected chi connectivity index (χ1v) is 5.50. The van der Waals surface area contributed by atoms with E-state index in [0.29, 0.717) is 0 Å². The Morgan fingerprint density at radius 1 is 1.15 bits per heavy atom. The summed E-state index contributed by atoms with van der Waals surface area (Å²) in [5, 5.41) is 2.15. The third-order valence-electron chi connectivity index (χ3n) is 2.05. The Morgan fingerprint density at radius 3 is 2.69 bits per heavy atom. The van der Waals surface area contributed by atoms with Gasteiger partial charge in [-0.1, -0.05) is 48.1 Å². The monoisotopic (exact) mass is 188 g/mol. The minimum atomic E-state index is 1.10. The van der Waals surface area contributed by atoms with Crippen molar-refractivity contribution in [2.24, 2.45) is 0 Å². The lowest BCUT2D eigenvalue weighted by atomic mass is 10.1. The van der Waals surface area contributed by atoms with Crippen LogP contribution in [0.4, 0.5) is 0 Å². The van der Waals surface area contributed by atoms with Gasteiger partial charge in [0.05, 0.1) is 0 Å². The van der Waals surface area contributed by atoms with E-state index in [2.05, 4.69) is 47.9 Å². The second-order valence-electron chi connectivity index (χ2n) is 3.13. The van der Waals surface area contributed by atoms with Gasteiger partial charge in [0, 0.05) is 5.75 Å².